The van der Waals surface area contributed by atoms with Crippen molar-refractivity contribution >= 4 is 44.5 Å². The van der Waals surface area contributed by atoms with Gasteiger partial charge in [-0.3, -0.25) is 4.79 Å². The lowest BCUT2D eigenvalue weighted by molar-refractivity contribution is -0.308. The van der Waals surface area contributed by atoms with E-state index in [-0.39, 0.29) is 12.2 Å². The van der Waals surface area contributed by atoms with Crippen LogP contribution in [0.25, 0.3) is 32.6 Å². The number of carbonyl (C=O) groups is 2. The Balaban J connectivity index is 1.36. The quantitative estimate of drug-likeness (QED) is 0.231. The molecule has 9 nitrogen and oxygen atoms in total. The number of fused-ring (bicyclic) bond motifs is 4. The highest BCUT2D eigenvalue weighted by atomic mass is 16.5. The van der Waals surface area contributed by atoms with Gasteiger partial charge in [-0.25, -0.2) is 4.79 Å². The fraction of sp³-hybridized carbons (Fsp3) is 0.179. The summed E-state index contributed by atoms with van der Waals surface area (Å²) in [6, 6.07) is 13.9. The fourth-order valence-electron chi connectivity index (χ4n) is 4.47. The average molecular weight is 499 g/mol. The molecular weight excluding hydrogens is 476 g/mol. The minimum absolute atomic E-state index is 0.0407. The summed E-state index contributed by atoms with van der Waals surface area (Å²) >= 11 is 0. The Hall–Kier alpha value is -4.79. The zero-order valence-corrected chi connectivity index (χ0v) is 20.0. The number of H-pyrrole nitrogens is 1. The van der Waals surface area contributed by atoms with Crippen LogP contribution in [0, 0.1) is 6.92 Å². The fourth-order valence-corrected chi connectivity index (χ4v) is 4.47. The molecular formula is C28H23N2O7-. The summed E-state index contributed by atoms with van der Waals surface area (Å²) in [5, 5.41) is 26.7. The standard InChI is InChI=1S/C28H24N2O7/c1-14-24(10-8-19-18-5-3-4-6-20(18)28(35)37-25(14)19)36-15(2)26(32)30-23(27(33)34)11-16-13-29-22-9-7-17(31)12-21(16)22/h3-10,12-13,15,23,29,31H,11H2,1-2H3,(H,30,32)(H,33,34)/p-1/t15-,23+/m0/s1. The number of hydrogen-bond donors (Lipinski definition) is 3. The molecule has 0 fully saturated rings. The summed E-state index contributed by atoms with van der Waals surface area (Å²) < 4.78 is 11.4. The molecule has 37 heavy (non-hydrogen) atoms. The lowest BCUT2D eigenvalue weighted by Gasteiger charge is -2.23. The van der Waals surface area contributed by atoms with Crippen molar-refractivity contribution in [3.63, 3.8) is 0 Å². The van der Waals surface area contributed by atoms with Crippen LogP contribution in [-0.4, -0.2) is 34.1 Å². The van der Waals surface area contributed by atoms with Crippen molar-refractivity contribution in [3.05, 3.63) is 82.3 Å². The Labute approximate surface area is 210 Å². The number of benzene rings is 3. The summed E-state index contributed by atoms with van der Waals surface area (Å²) in [5.41, 5.74) is 1.73. The van der Waals surface area contributed by atoms with Gasteiger partial charge in [0.1, 0.15) is 17.1 Å². The zero-order chi connectivity index (χ0) is 26.3. The molecule has 1 amide bonds. The van der Waals surface area contributed by atoms with Gasteiger partial charge in [-0.15, -0.1) is 0 Å². The van der Waals surface area contributed by atoms with Gasteiger partial charge in [-0.1, -0.05) is 18.2 Å². The molecule has 0 saturated carbocycles. The van der Waals surface area contributed by atoms with E-state index in [0.29, 0.717) is 33.2 Å². The molecule has 3 N–H and O–H groups in total. The van der Waals surface area contributed by atoms with Crippen molar-refractivity contribution in [2.24, 2.45) is 0 Å². The number of rotatable bonds is 7. The number of carboxylic acid groups (broad SMARTS) is 1. The number of carboxylic acids is 1. The molecule has 2 atom stereocenters. The Morgan fingerprint density at radius 3 is 2.59 bits per heavy atom. The van der Waals surface area contributed by atoms with Gasteiger partial charge in [-0.2, -0.15) is 0 Å². The van der Waals surface area contributed by atoms with E-state index in [1.165, 1.54) is 19.1 Å². The minimum Gasteiger partial charge on any atom is -0.548 e. The number of ether oxygens (including phenoxy) is 1. The number of aromatic hydroxyl groups is 1. The highest BCUT2D eigenvalue weighted by Crippen LogP contribution is 2.31. The summed E-state index contributed by atoms with van der Waals surface area (Å²) in [7, 11) is 0. The van der Waals surface area contributed by atoms with Crippen molar-refractivity contribution < 1.29 is 29.0 Å². The molecule has 188 valence electrons. The Morgan fingerprint density at radius 1 is 1.08 bits per heavy atom. The van der Waals surface area contributed by atoms with Gasteiger partial charge in [-0.05, 0) is 61.2 Å². The molecule has 2 heterocycles. The number of phenolic OH excluding ortho intramolecular Hbond substituents is 1. The van der Waals surface area contributed by atoms with Crippen molar-refractivity contribution in [2.45, 2.75) is 32.4 Å². The van der Waals surface area contributed by atoms with Crippen LogP contribution in [0.1, 0.15) is 18.1 Å². The van der Waals surface area contributed by atoms with E-state index in [4.69, 9.17) is 9.15 Å². The van der Waals surface area contributed by atoms with Crippen LogP contribution in [0.4, 0.5) is 0 Å². The molecule has 0 aliphatic carbocycles. The van der Waals surface area contributed by atoms with Crippen LogP contribution in [0.2, 0.25) is 0 Å². The van der Waals surface area contributed by atoms with Crippen molar-refractivity contribution in [1.29, 1.82) is 0 Å². The number of aryl methyl sites for hydroxylation is 1. The van der Waals surface area contributed by atoms with Crippen molar-refractivity contribution in [2.75, 3.05) is 0 Å². The number of phenols is 1. The van der Waals surface area contributed by atoms with Crippen LogP contribution in [0.3, 0.4) is 0 Å². The molecule has 0 saturated heterocycles. The largest absolute Gasteiger partial charge is 0.548 e. The lowest BCUT2D eigenvalue weighted by Crippen LogP contribution is -2.52. The van der Waals surface area contributed by atoms with E-state index in [1.54, 1.807) is 43.5 Å². The maximum Gasteiger partial charge on any atom is 0.344 e. The number of aromatic amines is 1. The SMILES string of the molecule is Cc1c(O[C@@H](C)C(=O)N[C@H](Cc2c[nH]c3ccc(O)cc23)C(=O)[O-])ccc2c1oc(=O)c1ccccc12. The Bertz CT molecular complexity index is 1730. The first-order valence-electron chi connectivity index (χ1n) is 11.6. The maximum atomic E-state index is 12.9. The first kappa shape index (κ1) is 23.9. The third kappa shape index (κ3) is 4.47. The van der Waals surface area contributed by atoms with Crippen LogP contribution in [-0.2, 0) is 16.0 Å². The van der Waals surface area contributed by atoms with Crippen LogP contribution in [0.5, 0.6) is 11.5 Å². The van der Waals surface area contributed by atoms with Gasteiger partial charge in [0.2, 0.25) is 0 Å². The number of hydrogen-bond acceptors (Lipinski definition) is 7. The van der Waals surface area contributed by atoms with Gasteiger partial charge in [0.25, 0.3) is 5.91 Å². The van der Waals surface area contributed by atoms with Gasteiger partial charge in [0.05, 0.1) is 17.4 Å². The molecule has 3 aromatic carbocycles. The molecule has 2 aromatic heterocycles. The van der Waals surface area contributed by atoms with Crippen molar-refractivity contribution in [1.82, 2.24) is 10.3 Å². The average Bonchev–Trinajstić information content (AvgIpc) is 3.27. The van der Waals surface area contributed by atoms with Gasteiger partial charge < -0.3 is 34.5 Å². The van der Waals surface area contributed by atoms with Crippen LogP contribution in [0.15, 0.2) is 70.0 Å². The maximum absolute atomic E-state index is 12.9. The van der Waals surface area contributed by atoms with Gasteiger partial charge >= 0.3 is 5.63 Å². The summed E-state index contributed by atoms with van der Waals surface area (Å²) in [6.07, 6.45) is 0.511. The summed E-state index contributed by atoms with van der Waals surface area (Å²) in [5.74, 6) is -1.74. The molecule has 0 aliphatic rings. The second-order valence-electron chi connectivity index (χ2n) is 8.89. The second kappa shape index (κ2) is 9.34. The van der Waals surface area contributed by atoms with Crippen LogP contribution >= 0.6 is 0 Å². The molecule has 0 radical (unpaired) electrons. The third-order valence-electron chi connectivity index (χ3n) is 6.44. The van der Waals surface area contributed by atoms with E-state index in [9.17, 15) is 24.6 Å². The van der Waals surface area contributed by atoms with Gasteiger partial charge in [0, 0.05) is 34.5 Å². The highest BCUT2D eigenvalue weighted by molar-refractivity contribution is 6.05. The molecule has 5 aromatic rings. The molecule has 0 bridgehead atoms. The topological polar surface area (TPSA) is 145 Å². The predicted molar refractivity (Wildman–Crippen MR) is 135 cm³/mol. The Morgan fingerprint density at radius 2 is 1.84 bits per heavy atom. The van der Waals surface area contributed by atoms with Crippen LogP contribution < -0.4 is 20.8 Å². The normalized spacial score (nSPS) is 13.0. The highest BCUT2D eigenvalue weighted by Gasteiger charge is 2.23. The molecule has 0 aliphatic heterocycles. The van der Waals surface area contributed by atoms with Crippen molar-refractivity contribution in [3.8, 4) is 11.5 Å². The Kier molecular flexibility index (Phi) is 6.04. The molecule has 5 rings (SSSR count). The second-order valence-corrected chi connectivity index (χ2v) is 8.89. The predicted octanol–water partition coefficient (Wildman–Crippen LogP) is 2.69. The minimum atomic E-state index is -1.45. The molecule has 9 heteroatoms. The van der Waals surface area contributed by atoms with Gasteiger partial charge in [0.15, 0.2) is 6.10 Å². The number of amides is 1. The van der Waals surface area contributed by atoms with E-state index in [1.807, 2.05) is 12.1 Å². The first-order chi connectivity index (χ1) is 17.7. The molecule has 0 unspecified atom stereocenters. The summed E-state index contributed by atoms with van der Waals surface area (Å²) in [6.45, 7) is 3.21. The smallest absolute Gasteiger partial charge is 0.344 e. The molecule has 0 spiro atoms. The first-order valence-corrected chi connectivity index (χ1v) is 11.6. The monoisotopic (exact) mass is 499 g/mol. The third-order valence-corrected chi connectivity index (χ3v) is 6.44. The zero-order valence-electron chi connectivity index (χ0n) is 20.0. The number of aromatic nitrogens is 1. The number of carbonyl (C=O) groups excluding carboxylic acids is 2. The van der Waals surface area contributed by atoms with E-state index < -0.39 is 29.6 Å². The van der Waals surface area contributed by atoms with E-state index in [0.717, 1.165) is 16.3 Å². The number of nitrogens with one attached hydrogen (secondary N) is 2. The van der Waals surface area contributed by atoms with E-state index in [2.05, 4.69) is 10.3 Å². The summed E-state index contributed by atoms with van der Waals surface area (Å²) in [4.78, 5) is 40.1. The number of aliphatic carboxylic acids is 1. The lowest BCUT2D eigenvalue weighted by atomic mass is 10.0. The van der Waals surface area contributed by atoms with E-state index >= 15 is 0 Å².